The Labute approximate surface area is 115 Å². The van der Waals surface area contributed by atoms with E-state index < -0.39 is 16.1 Å². The number of carbonyl (C=O) groups is 1. The summed E-state index contributed by atoms with van der Waals surface area (Å²) in [6.07, 6.45) is 0. The molecule has 0 aliphatic rings. The third-order valence-corrected chi connectivity index (χ3v) is 4.95. The molecule has 17 heavy (non-hydrogen) atoms. The van der Waals surface area contributed by atoms with E-state index in [0.717, 1.165) is 0 Å². The fourth-order valence-electron chi connectivity index (χ4n) is 1.06. The Morgan fingerprint density at radius 3 is 2.18 bits per heavy atom. The molecule has 2 amide bonds. The monoisotopic (exact) mass is 385 g/mol. The lowest BCUT2D eigenvalue weighted by molar-refractivity contribution is 0.248. The summed E-state index contributed by atoms with van der Waals surface area (Å²) in [6, 6.07) is 2.05. The molecular weight excluding hydrogens is 378 g/mol. The van der Waals surface area contributed by atoms with Crippen molar-refractivity contribution in [1.82, 2.24) is 10.0 Å². The molecule has 6 nitrogen and oxygen atoms in total. The van der Waals surface area contributed by atoms with Crippen molar-refractivity contribution in [2.45, 2.75) is 4.90 Å². The first-order chi connectivity index (χ1) is 7.77. The maximum Gasteiger partial charge on any atom is 0.328 e. The number of nitrogen functional groups attached to an aromatic ring is 1. The smallest absolute Gasteiger partial charge is 0.328 e. The van der Waals surface area contributed by atoms with Crippen molar-refractivity contribution in [2.75, 3.05) is 12.8 Å². The highest BCUT2D eigenvalue weighted by Gasteiger charge is 2.23. The van der Waals surface area contributed by atoms with Crippen LogP contribution in [0.1, 0.15) is 0 Å². The first kappa shape index (κ1) is 14.3. The molecule has 1 aromatic rings. The van der Waals surface area contributed by atoms with E-state index in [1.165, 1.54) is 19.2 Å². The zero-order valence-corrected chi connectivity index (χ0v) is 12.6. The summed E-state index contributed by atoms with van der Waals surface area (Å²) in [4.78, 5) is 10.9. The van der Waals surface area contributed by atoms with E-state index in [0.29, 0.717) is 5.69 Å². The molecule has 0 heterocycles. The highest BCUT2D eigenvalue weighted by atomic mass is 79.9. The lowest BCUT2D eigenvalue weighted by Crippen LogP contribution is -2.37. The second-order valence-corrected chi connectivity index (χ2v) is 6.33. The molecule has 0 bridgehead atoms. The summed E-state index contributed by atoms with van der Waals surface area (Å²) in [5, 5.41) is 2.16. The maximum absolute atomic E-state index is 11.9. The number of benzene rings is 1. The first-order valence-corrected chi connectivity index (χ1v) is 7.34. The molecule has 0 aliphatic heterocycles. The summed E-state index contributed by atoms with van der Waals surface area (Å²) >= 11 is 6.17. The summed E-state index contributed by atoms with van der Waals surface area (Å²) in [5.74, 6) is 0. The lowest BCUT2D eigenvalue weighted by atomic mass is 10.3. The molecule has 4 N–H and O–H groups in total. The summed E-state index contributed by atoms with van der Waals surface area (Å²) in [7, 11) is -2.64. The Kier molecular flexibility index (Phi) is 4.39. The molecule has 0 saturated carbocycles. The molecule has 0 aliphatic carbocycles. The lowest BCUT2D eigenvalue weighted by Gasteiger charge is -2.10. The summed E-state index contributed by atoms with van der Waals surface area (Å²) < 4.78 is 26.1. The average molecular weight is 387 g/mol. The SMILES string of the molecule is CNC(=O)NS(=O)(=O)c1c(Br)cc(N)cc1Br. The minimum Gasteiger partial charge on any atom is -0.399 e. The van der Waals surface area contributed by atoms with Crippen LogP contribution in [-0.4, -0.2) is 21.5 Å². The molecule has 9 heteroatoms. The van der Waals surface area contributed by atoms with E-state index in [1.807, 2.05) is 4.72 Å². The van der Waals surface area contributed by atoms with Gasteiger partial charge in [-0.15, -0.1) is 0 Å². The first-order valence-electron chi connectivity index (χ1n) is 4.27. The zero-order valence-electron chi connectivity index (χ0n) is 8.62. The van der Waals surface area contributed by atoms with E-state index in [9.17, 15) is 13.2 Å². The number of anilines is 1. The third-order valence-electron chi connectivity index (χ3n) is 1.74. The number of sulfonamides is 1. The van der Waals surface area contributed by atoms with Crippen LogP contribution in [-0.2, 0) is 10.0 Å². The van der Waals surface area contributed by atoms with Gasteiger partial charge in [-0.1, -0.05) is 0 Å². The Bertz CT molecular complexity index is 536. The van der Waals surface area contributed by atoms with E-state index in [2.05, 4.69) is 37.2 Å². The van der Waals surface area contributed by atoms with E-state index >= 15 is 0 Å². The molecule has 0 atom stereocenters. The van der Waals surface area contributed by atoms with Gasteiger partial charge < -0.3 is 11.1 Å². The predicted molar refractivity (Wildman–Crippen MR) is 71.0 cm³/mol. The Morgan fingerprint density at radius 2 is 1.76 bits per heavy atom. The van der Waals surface area contributed by atoms with Gasteiger partial charge in [-0.05, 0) is 44.0 Å². The van der Waals surface area contributed by atoms with Crippen molar-refractivity contribution >= 4 is 53.6 Å². The van der Waals surface area contributed by atoms with Crippen molar-refractivity contribution < 1.29 is 13.2 Å². The van der Waals surface area contributed by atoms with Gasteiger partial charge in [0.05, 0.1) is 0 Å². The number of rotatable bonds is 2. The molecule has 0 fully saturated rings. The molecule has 0 unspecified atom stereocenters. The predicted octanol–water partition coefficient (Wildman–Crippen LogP) is 1.41. The fraction of sp³-hybridized carbons (Fsp3) is 0.125. The van der Waals surface area contributed by atoms with Gasteiger partial charge in [-0.3, -0.25) is 0 Å². The number of amides is 2. The number of nitrogens with one attached hydrogen (secondary N) is 2. The molecule has 0 spiro atoms. The van der Waals surface area contributed by atoms with Crippen LogP contribution in [0.5, 0.6) is 0 Å². The minimum absolute atomic E-state index is 0.0877. The molecule has 1 aromatic carbocycles. The number of urea groups is 1. The van der Waals surface area contributed by atoms with Gasteiger partial charge >= 0.3 is 6.03 Å². The Balaban J connectivity index is 3.29. The second-order valence-electron chi connectivity index (χ2n) is 3.00. The van der Waals surface area contributed by atoms with Crippen LogP contribution in [0.3, 0.4) is 0 Å². The summed E-state index contributed by atoms with van der Waals surface area (Å²) in [6.45, 7) is 0. The van der Waals surface area contributed by atoms with Gasteiger partial charge in [-0.2, -0.15) is 0 Å². The molecule has 0 aromatic heterocycles. The Morgan fingerprint density at radius 1 is 1.29 bits per heavy atom. The minimum atomic E-state index is -3.96. The van der Waals surface area contributed by atoms with Gasteiger partial charge in [0.25, 0.3) is 10.0 Å². The van der Waals surface area contributed by atoms with Crippen LogP contribution < -0.4 is 15.8 Å². The van der Waals surface area contributed by atoms with Crippen molar-refractivity contribution in [2.24, 2.45) is 0 Å². The van der Waals surface area contributed by atoms with Crippen LogP contribution in [0.15, 0.2) is 26.0 Å². The van der Waals surface area contributed by atoms with Gasteiger partial charge in [0.1, 0.15) is 4.90 Å². The van der Waals surface area contributed by atoms with E-state index in [4.69, 9.17) is 5.73 Å². The molecular formula is C8H9Br2N3O3S. The average Bonchev–Trinajstić information content (AvgIpc) is 2.14. The zero-order chi connectivity index (χ0) is 13.2. The van der Waals surface area contributed by atoms with Gasteiger partial charge in [-0.25, -0.2) is 17.9 Å². The molecule has 1 rings (SSSR count). The van der Waals surface area contributed by atoms with Crippen LogP contribution >= 0.6 is 31.9 Å². The van der Waals surface area contributed by atoms with E-state index in [1.54, 1.807) is 0 Å². The quantitative estimate of drug-likeness (QED) is 0.668. The van der Waals surface area contributed by atoms with Crippen LogP contribution in [0, 0.1) is 0 Å². The molecule has 94 valence electrons. The highest BCUT2D eigenvalue weighted by Crippen LogP contribution is 2.32. The number of hydrogen-bond donors (Lipinski definition) is 3. The summed E-state index contributed by atoms with van der Waals surface area (Å²) in [5.41, 5.74) is 5.94. The third kappa shape index (κ3) is 3.33. The van der Waals surface area contributed by atoms with Crippen LogP contribution in [0.2, 0.25) is 0 Å². The van der Waals surface area contributed by atoms with Crippen molar-refractivity contribution in [1.29, 1.82) is 0 Å². The number of carbonyl (C=O) groups excluding carboxylic acids is 1. The topological polar surface area (TPSA) is 101 Å². The van der Waals surface area contributed by atoms with Gasteiger partial charge in [0.15, 0.2) is 0 Å². The fourth-order valence-corrected chi connectivity index (χ4v) is 4.64. The maximum atomic E-state index is 11.9. The van der Waals surface area contributed by atoms with Crippen molar-refractivity contribution in [3.8, 4) is 0 Å². The largest absolute Gasteiger partial charge is 0.399 e. The van der Waals surface area contributed by atoms with E-state index in [-0.39, 0.29) is 13.8 Å². The standard InChI is InChI=1S/C8H9Br2N3O3S/c1-12-8(14)13-17(15,16)7-5(9)2-4(11)3-6(7)10/h2-3H,11H2,1H3,(H2,12,13,14). The van der Waals surface area contributed by atoms with Gasteiger partial charge in [0.2, 0.25) is 0 Å². The highest BCUT2D eigenvalue weighted by molar-refractivity contribution is 9.11. The van der Waals surface area contributed by atoms with Crippen LogP contribution in [0.25, 0.3) is 0 Å². The molecule has 0 saturated heterocycles. The van der Waals surface area contributed by atoms with Crippen molar-refractivity contribution in [3.05, 3.63) is 21.1 Å². The Hall–Kier alpha value is -0.800. The molecule has 0 radical (unpaired) electrons. The second kappa shape index (κ2) is 5.23. The van der Waals surface area contributed by atoms with Crippen molar-refractivity contribution in [3.63, 3.8) is 0 Å². The normalized spacial score (nSPS) is 11.0. The van der Waals surface area contributed by atoms with Gasteiger partial charge in [0, 0.05) is 21.7 Å². The number of hydrogen-bond acceptors (Lipinski definition) is 4. The number of halogens is 2. The number of nitrogens with two attached hydrogens (primary N) is 1. The van der Waals surface area contributed by atoms with Crippen LogP contribution in [0.4, 0.5) is 10.5 Å².